The van der Waals surface area contributed by atoms with Gasteiger partial charge in [-0.05, 0) is 52.5 Å². The van der Waals surface area contributed by atoms with E-state index in [2.05, 4.69) is 49.9 Å². The molecule has 1 N–H and O–H groups in total. The first-order valence-electron chi connectivity index (χ1n) is 9.31. The molecule has 0 aliphatic carbocycles. The zero-order chi connectivity index (χ0) is 17.9. The van der Waals surface area contributed by atoms with E-state index in [1.165, 1.54) is 6.42 Å². The molecule has 1 aliphatic heterocycles. The molecule has 1 atom stereocenters. The number of hydrogen-bond donors (Lipinski definition) is 1. The summed E-state index contributed by atoms with van der Waals surface area (Å²) in [5, 5.41) is 7.73. The standard InChI is InChI=1S/C19H34N4O/c1-13(2)11-23-16(6)18(15(5)21-23)9-19(24)20-10-17-7-8-22(12-17)14(3)4/h13-14,17H,7-12H2,1-6H3,(H,20,24)/t17-/m0/s1. The Morgan fingerprint density at radius 1 is 1.29 bits per heavy atom. The van der Waals surface area contributed by atoms with Crippen molar-refractivity contribution >= 4 is 5.91 Å². The fraction of sp³-hybridized carbons (Fsp3) is 0.789. The number of aromatic nitrogens is 2. The van der Waals surface area contributed by atoms with Gasteiger partial charge in [0.1, 0.15) is 0 Å². The van der Waals surface area contributed by atoms with Crippen LogP contribution in [-0.2, 0) is 17.8 Å². The normalized spacial score (nSPS) is 18.8. The lowest BCUT2D eigenvalue weighted by molar-refractivity contribution is -0.120. The Morgan fingerprint density at radius 2 is 2.00 bits per heavy atom. The van der Waals surface area contributed by atoms with Crippen LogP contribution in [-0.4, -0.2) is 46.3 Å². The van der Waals surface area contributed by atoms with Crippen molar-refractivity contribution < 1.29 is 4.79 Å². The summed E-state index contributed by atoms with van der Waals surface area (Å²) >= 11 is 0. The third-order valence-corrected chi connectivity index (χ3v) is 5.04. The Labute approximate surface area is 146 Å². The first-order valence-corrected chi connectivity index (χ1v) is 9.31. The van der Waals surface area contributed by atoms with Crippen LogP contribution in [0.2, 0.25) is 0 Å². The van der Waals surface area contributed by atoms with Crippen LogP contribution in [0.3, 0.4) is 0 Å². The van der Waals surface area contributed by atoms with Gasteiger partial charge in [-0.1, -0.05) is 13.8 Å². The van der Waals surface area contributed by atoms with Gasteiger partial charge in [0.25, 0.3) is 0 Å². The summed E-state index contributed by atoms with van der Waals surface area (Å²) in [6.45, 7) is 16.9. The highest BCUT2D eigenvalue weighted by Crippen LogP contribution is 2.18. The van der Waals surface area contributed by atoms with Crippen LogP contribution >= 0.6 is 0 Å². The average molecular weight is 335 g/mol. The quantitative estimate of drug-likeness (QED) is 0.834. The first-order chi connectivity index (χ1) is 11.3. The van der Waals surface area contributed by atoms with Gasteiger partial charge in [0.15, 0.2) is 0 Å². The third kappa shape index (κ3) is 4.82. The molecule has 1 aliphatic rings. The van der Waals surface area contributed by atoms with Gasteiger partial charge in [-0.2, -0.15) is 5.10 Å². The fourth-order valence-electron chi connectivity index (χ4n) is 3.49. The van der Waals surface area contributed by atoms with Gasteiger partial charge >= 0.3 is 0 Å². The third-order valence-electron chi connectivity index (χ3n) is 5.04. The molecule has 1 amide bonds. The summed E-state index contributed by atoms with van der Waals surface area (Å²) in [5.41, 5.74) is 3.20. The number of nitrogens with zero attached hydrogens (tertiary/aromatic N) is 3. The highest BCUT2D eigenvalue weighted by Gasteiger charge is 2.24. The number of hydrogen-bond acceptors (Lipinski definition) is 3. The van der Waals surface area contributed by atoms with Crippen LogP contribution in [0.4, 0.5) is 0 Å². The van der Waals surface area contributed by atoms with Crippen molar-refractivity contribution in [1.29, 1.82) is 0 Å². The molecule has 0 aromatic carbocycles. The molecule has 0 radical (unpaired) electrons. The van der Waals surface area contributed by atoms with Crippen molar-refractivity contribution in [3.8, 4) is 0 Å². The van der Waals surface area contributed by atoms with Gasteiger partial charge in [-0.3, -0.25) is 9.48 Å². The minimum atomic E-state index is 0.119. The van der Waals surface area contributed by atoms with Gasteiger partial charge in [0.05, 0.1) is 12.1 Å². The number of carbonyl (C=O) groups is 1. The first kappa shape index (κ1) is 19.0. The van der Waals surface area contributed by atoms with E-state index in [9.17, 15) is 4.79 Å². The lowest BCUT2D eigenvalue weighted by atomic mass is 10.1. The predicted octanol–water partition coefficient (Wildman–Crippen LogP) is 2.54. The summed E-state index contributed by atoms with van der Waals surface area (Å²) in [5.74, 6) is 1.26. The van der Waals surface area contributed by atoms with E-state index in [4.69, 9.17) is 0 Å². The van der Waals surface area contributed by atoms with Crippen molar-refractivity contribution in [3.05, 3.63) is 17.0 Å². The maximum Gasteiger partial charge on any atom is 0.224 e. The fourth-order valence-corrected chi connectivity index (χ4v) is 3.49. The number of rotatable bonds is 7. The van der Waals surface area contributed by atoms with Crippen molar-refractivity contribution in [3.63, 3.8) is 0 Å². The van der Waals surface area contributed by atoms with Gasteiger partial charge in [0.2, 0.25) is 5.91 Å². The SMILES string of the molecule is Cc1nn(CC(C)C)c(C)c1CC(=O)NC[C@@H]1CCN(C(C)C)C1. The molecular weight excluding hydrogens is 300 g/mol. The highest BCUT2D eigenvalue weighted by atomic mass is 16.1. The summed E-state index contributed by atoms with van der Waals surface area (Å²) in [6.07, 6.45) is 1.62. The topological polar surface area (TPSA) is 50.2 Å². The van der Waals surface area contributed by atoms with E-state index < -0.39 is 0 Å². The molecule has 1 fully saturated rings. The summed E-state index contributed by atoms with van der Waals surface area (Å²) < 4.78 is 2.04. The number of likely N-dealkylation sites (tertiary alicyclic amines) is 1. The number of nitrogens with one attached hydrogen (secondary N) is 1. The Morgan fingerprint density at radius 3 is 2.58 bits per heavy atom. The van der Waals surface area contributed by atoms with Crippen molar-refractivity contribution in [2.75, 3.05) is 19.6 Å². The Balaban J connectivity index is 1.86. The Hall–Kier alpha value is -1.36. The monoisotopic (exact) mass is 334 g/mol. The molecule has 24 heavy (non-hydrogen) atoms. The maximum atomic E-state index is 12.4. The largest absolute Gasteiger partial charge is 0.355 e. The molecule has 1 saturated heterocycles. The molecule has 1 aromatic heterocycles. The lowest BCUT2D eigenvalue weighted by Gasteiger charge is -2.20. The zero-order valence-corrected chi connectivity index (χ0v) is 16.2. The highest BCUT2D eigenvalue weighted by molar-refractivity contribution is 5.79. The van der Waals surface area contributed by atoms with Crippen molar-refractivity contribution in [1.82, 2.24) is 20.0 Å². The number of aryl methyl sites for hydroxylation is 1. The molecule has 2 heterocycles. The van der Waals surface area contributed by atoms with Gasteiger partial charge in [0, 0.05) is 36.9 Å². The van der Waals surface area contributed by atoms with Crippen LogP contribution < -0.4 is 5.32 Å². The summed E-state index contributed by atoms with van der Waals surface area (Å²) in [7, 11) is 0. The van der Waals surface area contributed by atoms with Gasteiger partial charge in [-0.15, -0.1) is 0 Å². The minimum absolute atomic E-state index is 0.119. The summed E-state index contributed by atoms with van der Waals surface area (Å²) in [4.78, 5) is 14.8. The second-order valence-electron chi connectivity index (χ2n) is 7.95. The van der Waals surface area contributed by atoms with E-state index >= 15 is 0 Å². The molecule has 5 nitrogen and oxygen atoms in total. The van der Waals surface area contributed by atoms with Gasteiger partial charge < -0.3 is 10.2 Å². The van der Waals surface area contributed by atoms with E-state index in [-0.39, 0.29) is 5.91 Å². The molecule has 2 rings (SSSR count). The van der Waals surface area contributed by atoms with E-state index in [1.54, 1.807) is 0 Å². The molecule has 136 valence electrons. The summed E-state index contributed by atoms with van der Waals surface area (Å²) in [6, 6.07) is 0.600. The molecule has 0 saturated carbocycles. The average Bonchev–Trinajstić information content (AvgIpc) is 3.06. The van der Waals surface area contributed by atoms with Crippen LogP contribution in [0, 0.1) is 25.7 Å². The predicted molar refractivity (Wildman–Crippen MR) is 98.1 cm³/mol. The van der Waals surface area contributed by atoms with Crippen LogP contribution in [0.25, 0.3) is 0 Å². The van der Waals surface area contributed by atoms with E-state index in [0.29, 0.717) is 24.3 Å². The lowest BCUT2D eigenvalue weighted by Crippen LogP contribution is -2.33. The number of amides is 1. The molecule has 1 aromatic rings. The van der Waals surface area contributed by atoms with E-state index in [1.807, 2.05) is 11.6 Å². The Kier molecular flexibility index (Phi) is 6.44. The molecule has 0 unspecified atom stereocenters. The molecule has 0 spiro atoms. The van der Waals surface area contributed by atoms with Crippen LogP contribution in [0.15, 0.2) is 0 Å². The second kappa shape index (κ2) is 8.15. The molecular formula is C19H34N4O. The Bertz CT molecular complexity index is 562. The van der Waals surface area contributed by atoms with Crippen LogP contribution in [0.5, 0.6) is 0 Å². The molecule has 5 heteroatoms. The van der Waals surface area contributed by atoms with Crippen molar-refractivity contribution in [2.45, 2.75) is 67.0 Å². The maximum absolute atomic E-state index is 12.4. The van der Waals surface area contributed by atoms with Gasteiger partial charge in [-0.25, -0.2) is 0 Å². The van der Waals surface area contributed by atoms with E-state index in [0.717, 1.165) is 43.1 Å². The smallest absolute Gasteiger partial charge is 0.224 e. The molecule has 0 bridgehead atoms. The zero-order valence-electron chi connectivity index (χ0n) is 16.2. The van der Waals surface area contributed by atoms with Crippen LogP contribution in [0.1, 0.15) is 51.1 Å². The minimum Gasteiger partial charge on any atom is -0.355 e. The second-order valence-corrected chi connectivity index (χ2v) is 7.95. The number of carbonyl (C=O) groups excluding carboxylic acids is 1. The van der Waals surface area contributed by atoms with Crippen molar-refractivity contribution in [2.24, 2.45) is 11.8 Å².